The lowest BCUT2D eigenvalue weighted by atomic mass is 10.1. The SMILES string of the molecule is CC(=O)Nc1cc(-c2cnc(F)c(NCC(=O)c3ccc(F)cc3F)c2)ccn1. The molecular formula is C20H15F3N4O2. The monoisotopic (exact) mass is 400 g/mol. The third-order valence-corrected chi connectivity index (χ3v) is 3.91. The van der Waals surface area contributed by atoms with Gasteiger partial charge in [0.1, 0.15) is 17.5 Å². The molecule has 0 aliphatic heterocycles. The van der Waals surface area contributed by atoms with Crippen molar-refractivity contribution in [2.45, 2.75) is 6.92 Å². The summed E-state index contributed by atoms with van der Waals surface area (Å²) < 4.78 is 40.7. The van der Waals surface area contributed by atoms with Crippen LogP contribution in [0.15, 0.2) is 48.8 Å². The molecule has 6 nitrogen and oxygen atoms in total. The van der Waals surface area contributed by atoms with Gasteiger partial charge in [0.2, 0.25) is 11.9 Å². The number of Topliss-reactive ketones (excluding diaryl/α,β-unsaturated/α-hetero) is 1. The standard InChI is InChI=1S/C20H15F3N4O2/c1-11(28)27-19-7-12(4-5-24-19)13-6-17(20(23)26-9-13)25-10-18(29)15-3-2-14(21)8-16(15)22/h2-9,25H,10H2,1H3,(H,24,27,28). The highest BCUT2D eigenvalue weighted by Crippen LogP contribution is 2.25. The Labute approximate surface area is 163 Å². The van der Waals surface area contributed by atoms with E-state index in [1.807, 2.05) is 0 Å². The number of ketones is 1. The number of carbonyl (C=O) groups excluding carboxylic acids is 2. The largest absolute Gasteiger partial charge is 0.374 e. The van der Waals surface area contributed by atoms with Crippen LogP contribution in [0.4, 0.5) is 24.7 Å². The lowest BCUT2D eigenvalue weighted by Crippen LogP contribution is -2.16. The molecule has 148 valence electrons. The zero-order chi connectivity index (χ0) is 21.0. The van der Waals surface area contributed by atoms with Gasteiger partial charge in [0, 0.05) is 30.9 Å². The minimum atomic E-state index is -0.994. The molecular weight excluding hydrogens is 385 g/mol. The second-order valence-electron chi connectivity index (χ2n) is 6.07. The second-order valence-corrected chi connectivity index (χ2v) is 6.07. The van der Waals surface area contributed by atoms with Crippen molar-refractivity contribution in [1.82, 2.24) is 9.97 Å². The van der Waals surface area contributed by atoms with Crippen molar-refractivity contribution < 1.29 is 22.8 Å². The summed E-state index contributed by atoms with van der Waals surface area (Å²) in [5.74, 6) is -3.30. The van der Waals surface area contributed by atoms with E-state index in [1.54, 1.807) is 12.1 Å². The number of hydrogen-bond acceptors (Lipinski definition) is 5. The number of pyridine rings is 2. The predicted octanol–water partition coefficient (Wildman–Crippen LogP) is 3.81. The first kappa shape index (κ1) is 20.0. The molecule has 9 heteroatoms. The Morgan fingerprint density at radius 1 is 1.00 bits per heavy atom. The highest BCUT2D eigenvalue weighted by molar-refractivity contribution is 5.99. The molecule has 3 aromatic rings. The summed E-state index contributed by atoms with van der Waals surface area (Å²) in [5.41, 5.74) is 0.729. The van der Waals surface area contributed by atoms with E-state index in [-0.39, 0.29) is 17.2 Å². The van der Waals surface area contributed by atoms with Crippen LogP contribution in [0.5, 0.6) is 0 Å². The average molecular weight is 400 g/mol. The molecule has 0 aliphatic rings. The van der Waals surface area contributed by atoms with Crippen molar-refractivity contribution >= 4 is 23.2 Å². The molecule has 0 fully saturated rings. The Kier molecular flexibility index (Phi) is 5.87. The van der Waals surface area contributed by atoms with Gasteiger partial charge < -0.3 is 10.6 Å². The van der Waals surface area contributed by atoms with Crippen LogP contribution >= 0.6 is 0 Å². The zero-order valence-electron chi connectivity index (χ0n) is 15.2. The summed E-state index contributed by atoms with van der Waals surface area (Å²) in [7, 11) is 0. The van der Waals surface area contributed by atoms with Gasteiger partial charge in [-0.2, -0.15) is 4.39 Å². The third-order valence-electron chi connectivity index (χ3n) is 3.91. The van der Waals surface area contributed by atoms with E-state index >= 15 is 0 Å². The van der Waals surface area contributed by atoms with Crippen molar-refractivity contribution in [2.24, 2.45) is 0 Å². The highest BCUT2D eigenvalue weighted by Gasteiger charge is 2.14. The molecule has 0 aliphatic carbocycles. The van der Waals surface area contributed by atoms with Crippen LogP contribution in [0.25, 0.3) is 11.1 Å². The van der Waals surface area contributed by atoms with Gasteiger partial charge in [-0.05, 0) is 35.9 Å². The van der Waals surface area contributed by atoms with E-state index in [9.17, 15) is 22.8 Å². The number of nitrogens with one attached hydrogen (secondary N) is 2. The lowest BCUT2D eigenvalue weighted by Gasteiger charge is -2.10. The molecule has 0 bridgehead atoms. The maximum atomic E-state index is 14.0. The normalized spacial score (nSPS) is 10.5. The molecule has 1 amide bonds. The Balaban J connectivity index is 1.79. The van der Waals surface area contributed by atoms with Crippen LogP contribution < -0.4 is 10.6 Å². The Bertz CT molecular complexity index is 1090. The van der Waals surface area contributed by atoms with Crippen LogP contribution in [0.3, 0.4) is 0 Å². The van der Waals surface area contributed by atoms with E-state index < -0.39 is 29.9 Å². The number of amides is 1. The van der Waals surface area contributed by atoms with Crippen LogP contribution in [0.1, 0.15) is 17.3 Å². The molecule has 2 N–H and O–H groups in total. The summed E-state index contributed by atoms with van der Waals surface area (Å²) in [6.07, 6.45) is 2.76. The van der Waals surface area contributed by atoms with Crippen molar-refractivity contribution in [1.29, 1.82) is 0 Å². The number of nitrogens with zero attached hydrogens (tertiary/aromatic N) is 2. The van der Waals surface area contributed by atoms with Crippen molar-refractivity contribution in [3.05, 3.63) is 71.9 Å². The fourth-order valence-electron chi connectivity index (χ4n) is 2.58. The predicted molar refractivity (Wildman–Crippen MR) is 101 cm³/mol. The van der Waals surface area contributed by atoms with Gasteiger partial charge in [0.15, 0.2) is 5.78 Å². The van der Waals surface area contributed by atoms with Crippen LogP contribution in [0.2, 0.25) is 0 Å². The summed E-state index contributed by atoms with van der Waals surface area (Å²) in [6.45, 7) is 0.925. The lowest BCUT2D eigenvalue weighted by molar-refractivity contribution is -0.114. The number of rotatable bonds is 6. The Morgan fingerprint density at radius 2 is 1.79 bits per heavy atom. The summed E-state index contributed by atoms with van der Waals surface area (Å²) in [4.78, 5) is 31.0. The number of anilines is 2. The zero-order valence-corrected chi connectivity index (χ0v) is 15.2. The summed E-state index contributed by atoms with van der Waals surface area (Å²) >= 11 is 0. The molecule has 3 rings (SSSR count). The highest BCUT2D eigenvalue weighted by atomic mass is 19.1. The Hall–Kier alpha value is -3.75. The molecule has 2 aromatic heterocycles. The Morgan fingerprint density at radius 3 is 2.52 bits per heavy atom. The number of carbonyl (C=O) groups is 2. The van der Waals surface area contributed by atoms with Crippen molar-refractivity contribution in [3.8, 4) is 11.1 Å². The first-order chi connectivity index (χ1) is 13.8. The van der Waals surface area contributed by atoms with Crippen LogP contribution in [-0.4, -0.2) is 28.2 Å². The summed E-state index contributed by atoms with van der Waals surface area (Å²) in [6, 6.07) is 7.24. The van der Waals surface area contributed by atoms with Gasteiger partial charge >= 0.3 is 0 Å². The van der Waals surface area contributed by atoms with E-state index in [1.165, 1.54) is 25.4 Å². The third kappa shape index (κ3) is 4.95. The average Bonchev–Trinajstić information content (AvgIpc) is 2.67. The maximum Gasteiger partial charge on any atom is 0.236 e. The van der Waals surface area contributed by atoms with Crippen LogP contribution in [-0.2, 0) is 4.79 Å². The molecule has 2 heterocycles. The van der Waals surface area contributed by atoms with Crippen molar-refractivity contribution in [2.75, 3.05) is 17.2 Å². The summed E-state index contributed by atoms with van der Waals surface area (Å²) in [5, 5.41) is 5.12. The fourth-order valence-corrected chi connectivity index (χ4v) is 2.58. The molecule has 0 saturated heterocycles. The second kappa shape index (κ2) is 8.51. The minimum Gasteiger partial charge on any atom is -0.374 e. The molecule has 0 atom stereocenters. The van der Waals surface area contributed by atoms with E-state index in [2.05, 4.69) is 20.6 Å². The number of hydrogen-bond donors (Lipinski definition) is 2. The van der Waals surface area contributed by atoms with Gasteiger partial charge in [-0.3, -0.25) is 9.59 Å². The minimum absolute atomic E-state index is 0.0729. The smallest absolute Gasteiger partial charge is 0.236 e. The first-order valence-corrected chi connectivity index (χ1v) is 8.45. The molecule has 29 heavy (non-hydrogen) atoms. The van der Waals surface area contributed by atoms with Gasteiger partial charge in [0.05, 0.1) is 17.8 Å². The fraction of sp³-hybridized carbons (Fsp3) is 0.100. The molecule has 0 unspecified atom stereocenters. The quantitative estimate of drug-likeness (QED) is 0.486. The molecule has 0 spiro atoms. The topological polar surface area (TPSA) is 84.0 Å². The molecule has 1 aromatic carbocycles. The van der Waals surface area contributed by atoms with Crippen LogP contribution in [0, 0.1) is 17.6 Å². The van der Waals surface area contributed by atoms with Crippen molar-refractivity contribution in [3.63, 3.8) is 0 Å². The number of benzene rings is 1. The van der Waals surface area contributed by atoms with E-state index in [4.69, 9.17) is 0 Å². The molecule has 0 radical (unpaired) electrons. The maximum absolute atomic E-state index is 14.0. The van der Waals surface area contributed by atoms with Gasteiger partial charge in [0.25, 0.3) is 0 Å². The van der Waals surface area contributed by atoms with E-state index in [0.29, 0.717) is 23.0 Å². The first-order valence-electron chi connectivity index (χ1n) is 8.45. The number of halogens is 3. The van der Waals surface area contributed by atoms with Gasteiger partial charge in [-0.15, -0.1) is 0 Å². The van der Waals surface area contributed by atoms with Gasteiger partial charge in [-0.1, -0.05) is 0 Å². The number of aromatic nitrogens is 2. The molecule has 0 saturated carbocycles. The van der Waals surface area contributed by atoms with Gasteiger partial charge in [-0.25, -0.2) is 18.7 Å². The van der Waals surface area contributed by atoms with E-state index in [0.717, 1.165) is 12.1 Å².